The third-order valence-electron chi connectivity index (χ3n) is 3.76. The Bertz CT molecular complexity index is 128. The molecule has 0 heteroatoms. The van der Waals surface area contributed by atoms with Crippen LogP contribution in [0.25, 0.3) is 0 Å². The van der Waals surface area contributed by atoms with E-state index < -0.39 is 0 Å². The standard InChI is InChI=1S/C14H28/c1-3-4-5-6-7-10-14-11-8-9-13(2)12-14/h13-14H,3-12H2,1-2H3/t13-,14+/m1/s1. The van der Waals surface area contributed by atoms with Gasteiger partial charge in [0, 0.05) is 0 Å². The predicted molar refractivity (Wildman–Crippen MR) is 64.5 cm³/mol. The first kappa shape index (κ1) is 12.1. The Labute approximate surface area is 90.5 Å². The maximum absolute atomic E-state index is 2.43. The molecule has 1 fully saturated rings. The van der Waals surface area contributed by atoms with E-state index in [2.05, 4.69) is 13.8 Å². The van der Waals surface area contributed by atoms with Crippen LogP contribution in [0.3, 0.4) is 0 Å². The maximum atomic E-state index is 2.43. The van der Waals surface area contributed by atoms with E-state index in [9.17, 15) is 0 Å². The summed E-state index contributed by atoms with van der Waals surface area (Å²) in [4.78, 5) is 0. The summed E-state index contributed by atoms with van der Waals surface area (Å²) in [6, 6.07) is 0. The molecule has 0 aliphatic heterocycles. The van der Waals surface area contributed by atoms with Crippen molar-refractivity contribution in [3.63, 3.8) is 0 Å². The topological polar surface area (TPSA) is 0 Å². The lowest BCUT2D eigenvalue weighted by atomic mass is 9.80. The van der Waals surface area contributed by atoms with Crippen LogP contribution in [0.15, 0.2) is 0 Å². The first-order valence-corrected chi connectivity index (χ1v) is 6.83. The van der Waals surface area contributed by atoms with Gasteiger partial charge in [-0.15, -0.1) is 0 Å². The van der Waals surface area contributed by atoms with Gasteiger partial charge >= 0.3 is 0 Å². The van der Waals surface area contributed by atoms with Crippen LogP contribution in [0.1, 0.15) is 78.1 Å². The fraction of sp³-hybridized carbons (Fsp3) is 1.00. The quantitative estimate of drug-likeness (QED) is 0.514. The summed E-state index contributed by atoms with van der Waals surface area (Å²) in [6.07, 6.45) is 14.8. The molecule has 84 valence electrons. The minimum absolute atomic E-state index is 1.02. The van der Waals surface area contributed by atoms with Gasteiger partial charge in [0.05, 0.1) is 0 Å². The highest BCUT2D eigenvalue weighted by Crippen LogP contribution is 2.31. The molecule has 14 heavy (non-hydrogen) atoms. The van der Waals surface area contributed by atoms with Crippen molar-refractivity contribution in [2.75, 3.05) is 0 Å². The Balaban J connectivity index is 1.95. The van der Waals surface area contributed by atoms with Gasteiger partial charge in [0.1, 0.15) is 0 Å². The van der Waals surface area contributed by atoms with E-state index in [1.54, 1.807) is 0 Å². The zero-order chi connectivity index (χ0) is 10.2. The van der Waals surface area contributed by atoms with Crippen LogP contribution in [0.5, 0.6) is 0 Å². The molecule has 0 aromatic rings. The molecule has 0 aromatic carbocycles. The smallest absolute Gasteiger partial charge is 0.0412 e. The molecule has 0 aromatic heterocycles. The van der Waals surface area contributed by atoms with Gasteiger partial charge in [0.25, 0.3) is 0 Å². The van der Waals surface area contributed by atoms with Gasteiger partial charge < -0.3 is 0 Å². The molecule has 2 atom stereocenters. The van der Waals surface area contributed by atoms with E-state index in [1.807, 2.05) is 0 Å². The van der Waals surface area contributed by atoms with Crippen LogP contribution >= 0.6 is 0 Å². The number of rotatable bonds is 6. The molecule has 1 aliphatic carbocycles. The van der Waals surface area contributed by atoms with Crippen molar-refractivity contribution in [1.82, 2.24) is 0 Å². The van der Waals surface area contributed by atoms with Crippen molar-refractivity contribution in [1.29, 1.82) is 0 Å². The summed E-state index contributed by atoms with van der Waals surface area (Å²) in [5, 5.41) is 0. The van der Waals surface area contributed by atoms with E-state index in [1.165, 1.54) is 64.2 Å². The van der Waals surface area contributed by atoms with E-state index in [0.717, 1.165) is 11.8 Å². The van der Waals surface area contributed by atoms with Crippen LogP contribution in [-0.4, -0.2) is 0 Å². The second-order valence-electron chi connectivity index (χ2n) is 5.34. The second-order valence-corrected chi connectivity index (χ2v) is 5.34. The zero-order valence-electron chi connectivity index (χ0n) is 10.2. The summed E-state index contributed by atoms with van der Waals surface area (Å²) in [5.74, 6) is 2.10. The third-order valence-corrected chi connectivity index (χ3v) is 3.76. The van der Waals surface area contributed by atoms with Gasteiger partial charge in [-0.2, -0.15) is 0 Å². The van der Waals surface area contributed by atoms with Gasteiger partial charge in [-0.05, 0) is 18.3 Å². The largest absolute Gasteiger partial charge is 0.0654 e. The number of hydrogen-bond donors (Lipinski definition) is 0. The zero-order valence-corrected chi connectivity index (χ0v) is 10.2. The number of hydrogen-bond acceptors (Lipinski definition) is 0. The molecule has 0 saturated heterocycles. The van der Waals surface area contributed by atoms with E-state index in [0.29, 0.717) is 0 Å². The second kappa shape index (κ2) is 7.31. The highest BCUT2D eigenvalue weighted by atomic mass is 14.2. The van der Waals surface area contributed by atoms with Crippen molar-refractivity contribution in [3.8, 4) is 0 Å². The van der Waals surface area contributed by atoms with E-state index in [-0.39, 0.29) is 0 Å². The predicted octanol–water partition coefficient (Wildman–Crippen LogP) is 5.17. The maximum Gasteiger partial charge on any atom is -0.0412 e. The fourth-order valence-corrected chi connectivity index (χ4v) is 2.86. The summed E-state index contributed by atoms with van der Waals surface area (Å²) in [6.45, 7) is 4.73. The Morgan fingerprint density at radius 3 is 2.50 bits per heavy atom. The van der Waals surface area contributed by atoms with Gasteiger partial charge in [0.15, 0.2) is 0 Å². The first-order chi connectivity index (χ1) is 6.83. The van der Waals surface area contributed by atoms with Crippen molar-refractivity contribution in [2.24, 2.45) is 11.8 Å². The molecule has 0 radical (unpaired) electrons. The van der Waals surface area contributed by atoms with Crippen molar-refractivity contribution >= 4 is 0 Å². The molecule has 0 amide bonds. The molecule has 0 spiro atoms. The van der Waals surface area contributed by atoms with Gasteiger partial charge in [-0.25, -0.2) is 0 Å². The molecular formula is C14H28. The summed E-state index contributed by atoms with van der Waals surface area (Å²) >= 11 is 0. The van der Waals surface area contributed by atoms with Gasteiger partial charge in [-0.3, -0.25) is 0 Å². The molecular weight excluding hydrogens is 168 g/mol. The third kappa shape index (κ3) is 5.02. The van der Waals surface area contributed by atoms with Crippen LogP contribution in [0.4, 0.5) is 0 Å². The fourth-order valence-electron chi connectivity index (χ4n) is 2.86. The van der Waals surface area contributed by atoms with Crippen molar-refractivity contribution in [3.05, 3.63) is 0 Å². The van der Waals surface area contributed by atoms with Crippen LogP contribution < -0.4 is 0 Å². The SMILES string of the molecule is CCCCCCC[C@H]1CCC[C@@H](C)C1. The van der Waals surface area contributed by atoms with E-state index >= 15 is 0 Å². The van der Waals surface area contributed by atoms with Crippen molar-refractivity contribution in [2.45, 2.75) is 78.1 Å². The van der Waals surface area contributed by atoms with Crippen LogP contribution in [0, 0.1) is 11.8 Å². The summed E-state index contributed by atoms with van der Waals surface area (Å²) < 4.78 is 0. The Hall–Kier alpha value is 0. The average Bonchev–Trinajstić information content (AvgIpc) is 2.18. The molecule has 1 aliphatic rings. The van der Waals surface area contributed by atoms with E-state index in [4.69, 9.17) is 0 Å². The Morgan fingerprint density at radius 1 is 1.00 bits per heavy atom. The highest BCUT2D eigenvalue weighted by molar-refractivity contribution is 4.70. The molecule has 1 saturated carbocycles. The summed E-state index contributed by atoms with van der Waals surface area (Å²) in [7, 11) is 0. The monoisotopic (exact) mass is 196 g/mol. The molecule has 0 bridgehead atoms. The normalized spacial score (nSPS) is 27.9. The Kier molecular flexibility index (Phi) is 6.31. The Morgan fingerprint density at radius 2 is 1.79 bits per heavy atom. The van der Waals surface area contributed by atoms with Crippen LogP contribution in [-0.2, 0) is 0 Å². The first-order valence-electron chi connectivity index (χ1n) is 6.83. The summed E-state index contributed by atoms with van der Waals surface area (Å²) in [5.41, 5.74) is 0. The molecule has 1 rings (SSSR count). The highest BCUT2D eigenvalue weighted by Gasteiger charge is 2.17. The number of unbranched alkanes of at least 4 members (excludes halogenated alkanes) is 4. The minimum atomic E-state index is 1.02. The van der Waals surface area contributed by atoms with Gasteiger partial charge in [-0.1, -0.05) is 71.6 Å². The molecule has 0 unspecified atom stereocenters. The lowest BCUT2D eigenvalue weighted by Crippen LogP contribution is -2.12. The molecule has 0 heterocycles. The molecule has 0 nitrogen and oxygen atoms in total. The average molecular weight is 196 g/mol. The van der Waals surface area contributed by atoms with Gasteiger partial charge in [0.2, 0.25) is 0 Å². The lowest BCUT2D eigenvalue weighted by Gasteiger charge is -2.26. The minimum Gasteiger partial charge on any atom is -0.0654 e. The molecule has 0 N–H and O–H groups in total. The van der Waals surface area contributed by atoms with Crippen molar-refractivity contribution < 1.29 is 0 Å². The van der Waals surface area contributed by atoms with Crippen LogP contribution in [0.2, 0.25) is 0 Å². The lowest BCUT2D eigenvalue weighted by molar-refractivity contribution is 0.264.